The van der Waals surface area contributed by atoms with Crippen LogP contribution >= 0.6 is 0 Å². The molecule has 0 saturated heterocycles. The number of aromatic amines is 1. The van der Waals surface area contributed by atoms with Gasteiger partial charge in [0.05, 0.1) is 22.8 Å². The number of carbonyl (C=O) groups is 1. The molecule has 0 aliphatic heterocycles. The number of para-hydroxylation sites is 1. The van der Waals surface area contributed by atoms with Gasteiger partial charge in [-0.2, -0.15) is 5.10 Å². The van der Waals surface area contributed by atoms with Gasteiger partial charge in [0.25, 0.3) is 11.5 Å². The second-order valence-electron chi connectivity index (χ2n) is 6.80. The quantitative estimate of drug-likeness (QED) is 0.590. The van der Waals surface area contributed by atoms with Crippen LogP contribution in [0.3, 0.4) is 0 Å². The van der Waals surface area contributed by atoms with Crippen LogP contribution in [0.4, 0.5) is 0 Å². The van der Waals surface area contributed by atoms with Gasteiger partial charge in [-0.05, 0) is 25.1 Å². The molecule has 4 rings (SSSR count). The number of benzene rings is 1. The van der Waals surface area contributed by atoms with Crippen molar-refractivity contribution in [3.05, 3.63) is 76.0 Å². The highest BCUT2D eigenvalue weighted by atomic mass is 16.2. The van der Waals surface area contributed by atoms with Gasteiger partial charge < -0.3 is 4.90 Å². The molecule has 8 heteroatoms. The number of amides is 1. The lowest BCUT2D eigenvalue weighted by Crippen LogP contribution is -2.27. The van der Waals surface area contributed by atoms with Crippen molar-refractivity contribution in [3.63, 3.8) is 0 Å². The van der Waals surface area contributed by atoms with Gasteiger partial charge in [0.15, 0.2) is 5.65 Å². The number of nitrogens with one attached hydrogen (secondary N) is 1. The number of hydrogen-bond acceptors (Lipinski definition) is 4. The number of H-pyrrole nitrogens is 1. The molecule has 4 aromatic rings. The zero-order chi connectivity index (χ0) is 19.8. The van der Waals surface area contributed by atoms with Crippen molar-refractivity contribution >= 4 is 16.9 Å². The van der Waals surface area contributed by atoms with Crippen LogP contribution in [-0.2, 0) is 13.6 Å². The fourth-order valence-electron chi connectivity index (χ4n) is 3.27. The molecule has 142 valence electrons. The van der Waals surface area contributed by atoms with Crippen molar-refractivity contribution < 1.29 is 4.79 Å². The number of nitrogens with zero attached hydrogens (tertiary/aromatic N) is 5. The molecule has 0 fully saturated rings. The van der Waals surface area contributed by atoms with E-state index >= 15 is 0 Å². The van der Waals surface area contributed by atoms with E-state index in [1.165, 1.54) is 4.68 Å². The van der Waals surface area contributed by atoms with E-state index in [4.69, 9.17) is 0 Å². The van der Waals surface area contributed by atoms with Gasteiger partial charge >= 0.3 is 0 Å². The number of hydrogen-bond donors (Lipinski definition) is 1. The highest BCUT2D eigenvalue weighted by Gasteiger charge is 2.21. The molecule has 0 spiro atoms. The predicted octanol–water partition coefficient (Wildman–Crippen LogP) is 2.03. The van der Waals surface area contributed by atoms with Crippen LogP contribution in [0, 0.1) is 6.92 Å². The number of aromatic nitrogens is 5. The first-order chi connectivity index (χ1) is 13.4. The van der Waals surface area contributed by atoms with Gasteiger partial charge in [0, 0.05) is 38.1 Å². The molecule has 0 unspecified atom stereocenters. The van der Waals surface area contributed by atoms with Crippen molar-refractivity contribution in [3.8, 4) is 5.69 Å². The number of pyridine rings is 1. The van der Waals surface area contributed by atoms with E-state index in [0.29, 0.717) is 28.8 Å². The summed E-state index contributed by atoms with van der Waals surface area (Å²) in [6.45, 7) is 2.18. The third kappa shape index (κ3) is 3.09. The molecule has 0 atom stereocenters. The molecule has 1 aromatic carbocycles. The summed E-state index contributed by atoms with van der Waals surface area (Å²) in [5, 5.41) is 7.34. The maximum absolute atomic E-state index is 13.1. The van der Waals surface area contributed by atoms with Crippen molar-refractivity contribution in [2.24, 2.45) is 7.05 Å². The van der Waals surface area contributed by atoms with Crippen LogP contribution in [0.1, 0.15) is 21.6 Å². The standard InChI is InChI=1S/C20H20N6O2/c1-13-9-16(17-18(22-13)25(3)23-19(17)27)20(28)24(2)11-14-10-21-26(12-14)15-7-5-4-6-8-15/h4-10,12H,11H2,1-3H3,(H,23,27). The monoisotopic (exact) mass is 376 g/mol. The summed E-state index contributed by atoms with van der Waals surface area (Å²) in [4.78, 5) is 31.3. The van der Waals surface area contributed by atoms with E-state index in [2.05, 4.69) is 15.2 Å². The van der Waals surface area contributed by atoms with E-state index in [1.807, 2.05) is 36.5 Å². The lowest BCUT2D eigenvalue weighted by atomic mass is 10.1. The molecule has 1 N–H and O–H groups in total. The number of aryl methyl sites for hydroxylation is 2. The van der Waals surface area contributed by atoms with E-state index in [0.717, 1.165) is 11.3 Å². The average molecular weight is 376 g/mol. The van der Waals surface area contributed by atoms with Crippen LogP contribution in [0.5, 0.6) is 0 Å². The molecular formula is C20H20N6O2. The molecule has 3 heterocycles. The highest BCUT2D eigenvalue weighted by molar-refractivity contribution is 6.05. The summed E-state index contributed by atoms with van der Waals surface area (Å²) in [5.74, 6) is -0.236. The first-order valence-corrected chi connectivity index (χ1v) is 8.85. The van der Waals surface area contributed by atoms with Crippen LogP contribution in [-0.4, -0.2) is 42.4 Å². The Morgan fingerprint density at radius 1 is 1.25 bits per heavy atom. The van der Waals surface area contributed by atoms with Crippen LogP contribution in [0.25, 0.3) is 16.7 Å². The number of carbonyl (C=O) groups excluding carboxylic acids is 1. The minimum Gasteiger partial charge on any atom is -0.337 e. The maximum atomic E-state index is 13.1. The van der Waals surface area contributed by atoms with E-state index in [-0.39, 0.29) is 11.5 Å². The lowest BCUT2D eigenvalue weighted by molar-refractivity contribution is 0.0787. The van der Waals surface area contributed by atoms with Crippen molar-refractivity contribution in [1.82, 2.24) is 29.4 Å². The predicted molar refractivity (Wildman–Crippen MR) is 105 cm³/mol. The Hall–Kier alpha value is -3.68. The van der Waals surface area contributed by atoms with Gasteiger partial charge in [0.2, 0.25) is 0 Å². The second kappa shape index (κ2) is 6.80. The average Bonchev–Trinajstić information content (AvgIpc) is 3.26. The van der Waals surface area contributed by atoms with Gasteiger partial charge in [-0.3, -0.25) is 19.4 Å². The van der Waals surface area contributed by atoms with Crippen molar-refractivity contribution in [1.29, 1.82) is 0 Å². The number of fused-ring (bicyclic) bond motifs is 1. The molecule has 0 saturated carbocycles. The Balaban J connectivity index is 1.62. The summed E-state index contributed by atoms with van der Waals surface area (Å²) in [5.41, 5.74) is 3.02. The molecule has 0 radical (unpaired) electrons. The normalized spacial score (nSPS) is 11.1. The Morgan fingerprint density at radius 3 is 2.75 bits per heavy atom. The molecule has 8 nitrogen and oxygen atoms in total. The first-order valence-electron chi connectivity index (χ1n) is 8.85. The highest BCUT2D eigenvalue weighted by Crippen LogP contribution is 2.17. The molecule has 28 heavy (non-hydrogen) atoms. The Morgan fingerprint density at radius 2 is 2.00 bits per heavy atom. The van der Waals surface area contributed by atoms with Crippen molar-refractivity contribution in [2.45, 2.75) is 13.5 Å². The lowest BCUT2D eigenvalue weighted by Gasteiger charge is -2.17. The van der Waals surface area contributed by atoms with E-state index in [1.54, 1.807) is 42.9 Å². The van der Waals surface area contributed by atoms with Crippen molar-refractivity contribution in [2.75, 3.05) is 7.05 Å². The number of rotatable bonds is 4. The molecule has 3 aromatic heterocycles. The Bertz CT molecular complexity index is 1220. The minimum absolute atomic E-state index is 0.236. The summed E-state index contributed by atoms with van der Waals surface area (Å²) < 4.78 is 3.30. The Kier molecular flexibility index (Phi) is 4.31. The first kappa shape index (κ1) is 17.7. The van der Waals surface area contributed by atoms with Crippen LogP contribution < -0.4 is 5.56 Å². The summed E-state index contributed by atoms with van der Waals surface area (Å²) in [7, 11) is 3.41. The summed E-state index contributed by atoms with van der Waals surface area (Å²) >= 11 is 0. The fourth-order valence-corrected chi connectivity index (χ4v) is 3.27. The molecular weight excluding hydrogens is 356 g/mol. The molecule has 0 aliphatic carbocycles. The fraction of sp³-hybridized carbons (Fsp3) is 0.200. The smallest absolute Gasteiger partial charge is 0.274 e. The zero-order valence-corrected chi connectivity index (χ0v) is 15.9. The van der Waals surface area contributed by atoms with Crippen LogP contribution in [0.2, 0.25) is 0 Å². The largest absolute Gasteiger partial charge is 0.337 e. The third-order valence-electron chi connectivity index (χ3n) is 4.60. The second-order valence-corrected chi connectivity index (χ2v) is 6.80. The van der Waals surface area contributed by atoms with E-state index in [9.17, 15) is 9.59 Å². The topological polar surface area (TPSA) is 88.8 Å². The zero-order valence-electron chi connectivity index (χ0n) is 15.9. The van der Waals surface area contributed by atoms with E-state index < -0.39 is 0 Å². The Labute approximate surface area is 161 Å². The minimum atomic E-state index is -0.321. The van der Waals surface area contributed by atoms with Gasteiger partial charge in [-0.15, -0.1) is 0 Å². The molecule has 0 aliphatic rings. The van der Waals surface area contributed by atoms with Gasteiger partial charge in [0.1, 0.15) is 0 Å². The summed E-state index contributed by atoms with van der Waals surface area (Å²) in [6.07, 6.45) is 3.63. The van der Waals surface area contributed by atoms with Gasteiger partial charge in [-0.1, -0.05) is 18.2 Å². The molecule has 0 bridgehead atoms. The summed E-state index contributed by atoms with van der Waals surface area (Å²) in [6, 6.07) is 11.4. The van der Waals surface area contributed by atoms with Gasteiger partial charge in [-0.25, -0.2) is 9.67 Å². The third-order valence-corrected chi connectivity index (χ3v) is 4.60. The van der Waals surface area contributed by atoms with Crippen LogP contribution in [0.15, 0.2) is 53.6 Å². The maximum Gasteiger partial charge on any atom is 0.274 e. The SMILES string of the molecule is Cc1cc(C(=O)N(C)Cc2cnn(-c3ccccc3)c2)c2c(=O)[nH]n(C)c2n1. The molecule has 1 amide bonds.